The van der Waals surface area contributed by atoms with Crippen LogP contribution < -0.4 is 15.0 Å². The van der Waals surface area contributed by atoms with Crippen LogP contribution in [0.4, 0.5) is 10.1 Å². The molecule has 0 radical (unpaired) electrons. The van der Waals surface area contributed by atoms with Crippen molar-refractivity contribution in [1.29, 1.82) is 0 Å². The minimum Gasteiger partial charge on any atom is -0.486 e. The minimum atomic E-state index is -0.580. The third kappa shape index (κ3) is 4.54. The molecule has 1 N–H and O–H groups in total. The third-order valence-corrected chi connectivity index (χ3v) is 7.04. The molecule has 2 bridgehead atoms. The summed E-state index contributed by atoms with van der Waals surface area (Å²) in [4.78, 5) is 31.6. The van der Waals surface area contributed by atoms with Crippen molar-refractivity contribution in [3.63, 3.8) is 0 Å². The molecule has 4 fully saturated rings. The number of ketones is 1. The fourth-order valence-corrected chi connectivity index (χ4v) is 5.50. The molecular weight excluding hydrogens is 449 g/mol. The van der Waals surface area contributed by atoms with Gasteiger partial charge >= 0.3 is 0 Å². The van der Waals surface area contributed by atoms with E-state index < -0.39 is 5.82 Å². The largest absolute Gasteiger partial charge is 0.486 e. The number of nitrogens with zero attached hydrogens (tertiary/aromatic N) is 2. The Kier molecular flexibility index (Phi) is 5.74. The summed E-state index contributed by atoms with van der Waals surface area (Å²) in [7, 11) is 0. The third-order valence-electron chi connectivity index (χ3n) is 6.73. The van der Waals surface area contributed by atoms with E-state index in [0.717, 1.165) is 38.0 Å². The number of benzene rings is 1. The molecule has 9 heteroatoms. The van der Waals surface area contributed by atoms with Crippen molar-refractivity contribution in [2.75, 3.05) is 37.8 Å². The smallest absolute Gasteiger partial charge is 0.270 e. The highest BCUT2D eigenvalue weighted by atomic mass is 35.5. The molecule has 1 aromatic heterocycles. The molecule has 2 aromatic rings. The van der Waals surface area contributed by atoms with Gasteiger partial charge in [-0.2, -0.15) is 0 Å². The van der Waals surface area contributed by atoms with E-state index in [9.17, 15) is 14.0 Å². The minimum absolute atomic E-state index is 0.0120. The summed E-state index contributed by atoms with van der Waals surface area (Å²) in [5.41, 5.74) is 1.06. The summed E-state index contributed by atoms with van der Waals surface area (Å²) >= 11 is 5.66. The first kappa shape index (κ1) is 22.1. The standard InChI is InChI=1S/C24H25ClFN3O4/c25-19-2-1-18(10-20(19)26)33-12-17(30)11-23-13-24(14-23,15-23)28-22(31)21-9-16(3-4-27-21)29-5-7-32-8-6-29/h1-4,9-10H,5-8,11-15H2,(H,28,31). The molecule has 3 aliphatic carbocycles. The summed E-state index contributed by atoms with van der Waals surface area (Å²) < 4.78 is 24.3. The molecule has 7 nitrogen and oxygen atoms in total. The molecule has 0 atom stereocenters. The Bertz CT molecular complexity index is 1070. The van der Waals surface area contributed by atoms with Gasteiger partial charge in [-0.15, -0.1) is 0 Å². The normalized spacial score (nSPS) is 25.6. The number of carbonyl (C=O) groups is 2. The summed E-state index contributed by atoms with van der Waals surface area (Å²) in [6.07, 6.45) is 4.38. The van der Waals surface area contributed by atoms with Crippen molar-refractivity contribution < 1.29 is 23.5 Å². The van der Waals surface area contributed by atoms with Crippen LogP contribution in [0.15, 0.2) is 36.5 Å². The lowest BCUT2D eigenvalue weighted by Crippen LogP contribution is -2.75. The van der Waals surface area contributed by atoms with Crippen LogP contribution in [-0.4, -0.2) is 55.1 Å². The number of amides is 1. The fraction of sp³-hybridized carbons (Fsp3) is 0.458. The van der Waals surface area contributed by atoms with Crippen molar-refractivity contribution in [1.82, 2.24) is 10.3 Å². The van der Waals surface area contributed by atoms with E-state index in [-0.39, 0.29) is 40.0 Å². The molecule has 0 spiro atoms. The molecule has 2 heterocycles. The number of nitrogens with one attached hydrogen (secondary N) is 1. The average Bonchev–Trinajstić information content (AvgIpc) is 2.78. The lowest BCUT2D eigenvalue weighted by Gasteiger charge is -2.70. The van der Waals surface area contributed by atoms with Crippen molar-refractivity contribution >= 4 is 29.0 Å². The Morgan fingerprint density at radius 1 is 1.18 bits per heavy atom. The Morgan fingerprint density at radius 2 is 1.94 bits per heavy atom. The fourth-order valence-electron chi connectivity index (χ4n) is 5.38. The zero-order valence-corrected chi connectivity index (χ0v) is 18.9. The molecule has 1 amide bonds. The SMILES string of the molecule is O=C(COc1ccc(Cl)c(F)c1)CC12CC(NC(=O)c3cc(N4CCOCC4)ccn3)(C1)C2. The molecule has 0 unspecified atom stereocenters. The van der Waals surface area contributed by atoms with E-state index in [1.54, 1.807) is 6.20 Å². The molecule has 6 rings (SSSR count). The Hall–Kier alpha value is -2.71. The monoisotopic (exact) mass is 473 g/mol. The van der Waals surface area contributed by atoms with Crippen LogP contribution in [0.25, 0.3) is 0 Å². The highest BCUT2D eigenvalue weighted by Crippen LogP contribution is 2.69. The van der Waals surface area contributed by atoms with Gasteiger partial charge in [0.2, 0.25) is 0 Å². The Balaban J connectivity index is 1.10. The van der Waals surface area contributed by atoms with Gasteiger partial charge in [0.25, 0.3) is 5.91 Å². The first-order chi connectivity index (χ1) is 15.9. The van der Waals surface area contributed by atoms with Crippen molar-refractivity contribution in [2.45, 2.75) is 31.2 Å². The predicted molar refractivity (Wildman–Crippen MR) is 120 cm³/mol. The van der Waals surface area contributed by atoms with Gasteiger partial charge in [0.05, 0.1) is 18.2 Å². The number of carbonyl (C=O) groups excluding carboxylic acids is 2. The van der Waals surface area contributed by atoms with Gasteiger partial charge in [-0.1, -0.05) is 11.6 Å². The van der Waals surface area contributed by atoms with E-state index in [1.807, 2.05) is 12.1 Å². The van der Waals surface area contributed by atoms with Crippen molar-refractivity contribution in [2.24, 2.45) is 5.41 Å². The van der Waals surface area contributed by atoms with Crippen molar-refractivity contribution in [3.05, 3.63) is 53.1 Å². The van der Waals surface area contributed by atoms with Crippen molar-refractivity contribution in [3.8, 4) is 5.75 Å². The van der Waals surface area contributed by atoms with Gasteiger partial charge in [-0.05, 0) is 48.9 Å². The predicted octanol–water partition coefficient (Wildman–Crippen LogP) is 3.40. The van der Waals surface area contributed by atoms with Gasteiger partial charge in [0.1, 0.15) is 23.9 Å². The zero-order valence-electron chi connectivity index (χ0n) is 18.1. The summed E-state index contributed by atoms with van der Waals surface area (Å²) in [6, 6.07) is 7.83. The molecule has 33 heavy (non-hydrogen) atoms. The zero-order chi connectivity index (χ0) is 23.1. The summed E-state index contributed by atoms with van der Waals surface area (Å²) in [5, 5.41) is 3.14. The second-order valence-corrected chi connectivity index (χ2v) is 9.75. The maximum absolute atomic E-state index is 13.5. The Labute approximate surface area is 196 Å². The number of ether oxygens (including phenoxy) is 2. The number of anilines is 1. The summed E-state index contributed by atoms with van der Waals surface area (Å²) in [5.74, 6) is -0.523. The quantitative estimate of drug-likeness (QED) is 0.633. The maximum Gasteiger partial charge on any atom is 0.270 e. The van der Waals surface area contributed by atoms with Gasteiger partial charge in [-0.3, -0.25) is 14.6 Å². The maximum atomic E-state index is 13.5. The number of aromatic nitrogens is 1. The number of rotatable bonds is 8. The molecule has 3 saturated carbocycles. The van der Waals surface area contributed by atoms with Crippen LogP contribution in [0.5, 0.6) is 5.75 Å². The van der Waals surface area contributed by atoms with Crippen LogP contribution in [0.3, 0.4) is 0 Å². The average molecular weight is 474 g/mol. The lowest BCUT2D eigenvalue weighted by atomic mass is 9.38. The Morgan fingerprint density at radius 3 is 2.67 bits per heavy atom. The van der Waals surface area contributed by atoms with Crippen LogP contribution >= 0.6 is 11.6 Å². The first-order valence-electron chi connectivity index (χ1n) is 11.1. The van der Waals surface area contributed by atoms with E-state index in [0.29, 0.717) is 25.3 Å². The number of pyridine rings is 1. The number of hydrogen-bond acceptors (Lipinski definition) is 6. The second-order valence-electron chi connectivity index (χ2n) is 9.34. The molecule has 1 aromatic carbocycles. The molecule has 4 aliphatic rings. The molecule has 1 saturated heterocycles. The van der Waals surface area contributed by atoms with Gasteiger partial charge in [0, 0.05) is 43.0 Å². The van der Waals surface area contributed by atoms with E-state index in [4.69, 9.17) is 21.1 Å². The second kappa shape index (κ2) is 8.57. The highest BCUT2D eigenvalue weighted by molar-refractivity contribution is 6.30. The van der Waals surface area contributed by atoms with Gasteiger partial charge < -0.3 is 19.7 Å². The number of Topliss-reactive ketones (excluding diaryl/α,β-unsaturated/α-hetero) is 1. The highest BCUT2D eigenvalue weighted by Gasteiger charge is 2.68. The van der Waals surface area contributed by atoms with E-state index >= 15 is 0 Å². The van der Waals surface area contributed by atoms with Gasteiger partial charge in [0.15, 0.2) is 5.78 Å². The van der Waals surface area contributed by atoms with Crippen LogP contribution in [-0.2, 0) is 9.53 Å². The molecular formula is C24H25ClFN3O4. The number of morpholine rings is 1. The van der Waals surface area contributed by atoms with E-state index in [2.05, 4.69) is 15.2 Å². The topological polar surface area (TPSA) is 80.8 Å². The lowest BCUT2D eigenvalue weighted by molar-refractivity contribution is -0.162. The van der Waals surface area contributed by atoms with Crippen LogP contribution in [0.1, 0.15) is 36.2 Å². The first-order valence-corrected chi connectivity index (χ1v) is 11.4. The van der Waals surface area contributed by atoms with E-state index in [1.165, 1.54) is 18.2 Å². The summed E-state index contributed by atoms with van der Waals surface area (Å²) in [6.45, 7) is 2.83. The molecule has 174 valence electrons. The van der Waals surface area contributed by atoms with Gasteiger partial charge in [-0.25, -0.2) is 4.39 Å². The van der Waals surface area contributed by atoms with Crippen LogP contribution in [0.2, 0.25) is 5.02 Å². The number of halogens is 2. The number of hydrogen-bond donors (Lipinski definition) is 1. The molecule has 1 aliphatic heterocycles. The van der Waals surface area contributed by atoms with Crippen LogP contribution in [0, 0.1) is 11.2 Å².